The molecule has 6 heteroatoms. The van der Waals surface area contributed by atoms with Gasteiger partial charge in [0.15, 0.2) is 0 Å². The topological polar surface area (TPSA) is 68.0 Å². The van der Waals surface area contributed by atoms with E-state index in [4.69, 9.17) is 17.3 Å². The lowest BCUT2D eigenvalue weighted by molar-refractivity contribution is 0.102. The summed E-state index contributed by atoms with van der Waals surface area (Å²) in [6, 6.07) is 5.53. The van der Waals surface area contributed by atoms with Crippen LogP contribution < -0.4 is 11.1 Å². The van der Waals surface area contributed by atoms with Crippen molar-refractivity contribution in [3.63, 3.8) is 0 Å². The summed E-state index contributed by atoms with van der Waals surface area (Å²) in [4.78, 5) is 15.9. The van der Waals surface area contributed by atoms with Gasteiger partial charge in [-0.2, -0.15) is 0 Å². The molecule has 0 fully saturated rings. The Balaban J connectivity index is 2.23. The summed E-state index contributed by atoms with van der Waals surface area (Å²) in [5, 5.41) is 2.56. The molecular weight excluding hydrogens is 269 g/mol. The van der Waals surface area contributed by atoms with Crippen LogP contribution >= 0.6 is 11.6 Å². The second kappa shape index (κ2) is 5.24. The highest BCUT2D eigenvalue weighted by molar-refractivity contribution is 6.30. The Morgan fingerprint density at radius 3 is 2.79 bits per heavy atom. The van der Waals surface area contributed by atoms with Gasteiger partial charge in [0.05, 0.1) is 16.9 Å². The van der Waals surface area contributed by atoms with Gasteiger partial charge >= 0.3 is 0 Å². The fourth-order valence-electron chi connectivity index (χ4n) is 1.54. The number of nitrogens with zero attached hydrogens (tertiary/aromatic N) is 1. The maximum absolute atomic E-state index is 13.3. The molecule has 2 rings (SSSR count). The highest BCUT2D eigenvalue weighted by Crippen LogP contribution is 2.18. The largest absolute Gasteiger partial charge is 0.397 e. The molecule has 1 heterocycles. The van der Waals surface area contributed by atoms with Crippen LogP contribution in [0.25, 0.3) is 0 Å². The van der Waals surface area contributed by atoms with Crippen LogP contribution in [-0.2, 0) is 0 Å². The molecule has 0 saturated heterocycles. The third kappa shape index (κ3) is 3.00. The highest BCUT2D eigenvalue weighted by Gasteiger charge is 2.11. The number of carbonyl (C=O) groups excluding carboxylic acids is 1. The Morgan fingerprint density at radius 1 is 1.42 bits per heavy atom. The van der Waals surface area contributed by atoms with Crippen molar-refractivity contribution >= 4 is 29.0 Å². The van der Waals surface area contributed by atoms with E-state index in [0.717, 1.165) is 11.6 Å². The van der Waals surface area contributed by atoms with Gasteiger partial charge in [0.1, 0.15) is 11.6 Å². The number of carbonyl (C=O) groups is 1. The predicted octanol–water partition coefficient (Wildman–Crippen LogP) is 3.02. The number of nitrogens with two attached hydrogens (primary N) is 1. The first-order valence-corrected chi connectivity index (χ1v) is 5.83. The number of hydrogen-bond acceptors (Lipinski definition) is 3. The van der Waals surface area contributed by atoms with Gasteiger partial charge in [-0.05, 0) is 36.8 Å². The summed E-state index contributed by atoms with van der Waals surface area (Å²) < 4.78 is 13.3. The number of nitrogen functional groups attached to an aromatic ring is 1. The lowest BCUT2D eigenvalue weighted by atomic mass is 10.2. The van der Waals surface area contributed by atoms with Crippen LogP contribution in [0.5, 0.6) is 0 Å². The summed E-state index contributed by atoms with van der Waals surface area (Å²) in [7, 11) is 0. The fourth-order valence-corrected chi connectivity index (χ4v) is 1.66. The van der Waals surface area contributed by atoms with E-state index in [0.29, 0.717) is 11.5 Å². The van der Waals surface area contributed by atoms with Crippen molar-refractivity contribution in [1.82, 2.24) is 4.98 Å². The zero-order valence-corrected chi connectivity index (χ0v) is 10.8. The minimum absolute atomic E-state index is 0.0293. The number of benzene rings is 1. The van der Waals surface area contributed by atoms with Crippen molar-refractivity contribution in [2.45, 2.75) is 6.92 Å². The third-order valence-electron chi connectivity index (χ3n) is 2.51. The fraction of sp³-hybridized carbons (Fsp3) is 0.0769. The van der Waals surface area contributed by atoms with E-state index in [1.807, 2.05) is 0 Å². The summed E-state index contributed by atoms with van der Waals surface area (Å²) in [5.41, 5.74) is 6.97. The normalized spacial score (nSPS) is 10.3. The van der Waals surface area contributed by atoms with Gasteiger partial charge in [0, 0.05) is 5.56 Å². The van der Waals surface area contributed by atoms with Gasteiger partial charge in [-0.15, -0.1) is 0 Å². The van der Waals surface area contributed by atoms with Crippen molar-refractivity contribution in [2.75, 3.05) is 11.1 Å². The van der Waals surface area contributed by atoms with E-state index >= 15 is 0 Å². The molecule has 1 aromatic carbocycles. The standard InChI is InChI=1S/C13H11ClFN3O/c1-7-4-9(16)6-17-12(7)18-13(19)8-2-3-10(14)11(15)5-8/h2-6H,16H2,1H3,(H,17,18,19). The van der Waals surface area contributed by atoms with Crippen molar-refractivity contribution in [3.05, 3.63) is 52.4 Å². The molecule has 0 spiro atoms. The third-order valence-corrected chi connectivity index (χ3v) is 2.82. The van der Waals surface area contributed by atoms with E-state index in [9.17, 15) is 9.18 Å². The molecule has 0 unspecified atom stereocenters. The second-order valence-electron chi connectivity index (χ2n) is 4.02. The van der Waals surface area contributed by atoms with Crippen LogP contribution in [0.15, 0.2) is 30.5 Å². The molecule has 98 valence electrons. The molecule has 2 aromatic rings. The maximum Gasteiger partial charge on any atom is 0.256 e. The molecule has 3 N–H and O–H groups in total. The smallest absolute Gasteiger partial charge is 0.256 e. The number of aromatic nitrogens is 1. The summed E-state index contributed by atoms with van der Waals surface area (Å²) in [6.07, 6.45) is 1.44. The number of nitrogens with one attached hydrogen (secondary N) is 1. The van der Waals surface area contributed by atoms with Crippen LogP contribution in [0.2, 0.25) is 5.02 Å². The van der Waals surface area contributed by atoms with Gasteiger partial charge < -0.3 is 11.1 Å². The van der Waals surface area contributed by atoms with E-state index in [1.165, 1.54) is 18.3 Å². The van der Waals surface area contributed by atoms with Crippen molar-refractivity contribution in [2.24, 2.45) is 0 Å². The van der Waals surface area contributed by atoms with Crippen molar-refractivity contribution in [1.29, 1.82) is 0 Å². The predicted molar refractivity (Wildman–Crippen MR) is 72.7 cm³/mol. The summed E-state index contributed by atoms with van der Waals surface area (Å²) >= 11 is 5.56. The Hall–Kier alpha value is -2.14. The van der Waals surface area contributed by atoms with E-state index in [1.54, 1.807) is 13.0 Å². The SMILES string of the molecule is Cc1cc(N)cnc1NC(=O)c1ccc(Cl)c(F)c1. The molecule has 0 aliphatic carbocycles. The number of anilines is 2. The molecule has 0 saturated carbocycles. The number of pyridine rings is 1. The Bertz CT molecular complexity index is 646. The van der Waals surface area contributed by atoms with Crippen LogP contribution in [0, 0.1) is 12.7 Å². The maximum atomic E-state index is 13.3. The van der Waals surface area contributed by atoms with Crippen molar-refractivity contribution in [3.8, 4) is 0 Å². The van der Waals surface area contributed by atoms with Gasteiger partial charge in [-0.3, -0.25) is 4.79 Å². The number of halogens is 2. The molecule has 1 aromatic heterocycles. The van der Waals surface area contributed by atoms with E-state index in [2.05, 4.69) is 10.3 Å². The molecule has 1 amide bonds. The molecule has 4 nitrogen and oxygen atoms in total. The number of hydrogen-bond donors (Lipinski definition) is 2. The molecular formula is C13H11ClFN3O. The zero-order valence-electron chi connectivity index (χ0n) is 10.1. The number of rotatable bonds is 2. The Kier molecular flexibility index (Phi) is 3.66. The quantitative estimate of drug-likeness (QED) is 0.888. The monoisotopic (exact) mass is 279 g/mol. The molecule has 19 heavy (non-hydrogen) atoms. The van der Waals surface area contributed by atoms with Crippen LogP contribution in [0.1, 0.15) is 15.9 Å². The van der Waals surface area contributed by atoms with Crippen molar-refractivity contribution < 1.29 is 9.18 Å². The van der Waals surface area contributed by atoms with Crippen LogP contribution in [0.3, 0.4) is 0 Å². The van der Waals surface area contributed by atoms with Gasteiger partial charge in [0.25, 0.3) is 5.91 Å². The lowest BCUT2D eigenvalue weighted by Gasteiger charge is -2.08. The van der Waals surface area contributed by atoms with E-state index in [-0.39, 0.29) is 10.6 Å². The minimum atomic E-state index is -0.642. The number of amides is 1. The Labute approximate surface area is 114 Å². The van der Waals surface area contributed by atoms with Crippen LogP contribution in [-0.4, -0.2) is 10.9 Å². The Morgan fingerprint density at radius 2 is 2.16 bits per heavy atom. The van der Waals surface area contributed by atoms with Gasteiger partial charge in [0.2, 0.25) is 0 Å². The molecule has 0 aliphatic heterocycles. The highest BCUT2D eigenvalue weighted by atomic mass is 35.5. The van der Waals surface area contributed by atoms with Crippen LogP contribution in [0.4, 0.5) is 15.9 Å². The summed E-state index contributed by atoms with van der Waals surface area (Å²) in [5.74, 6) is -0.721. The molecule has 0 atom stereocenters. The second-order valence-corrected chi connectivity index (χ2v) is 4.42. The lowest BCUT2D eigenvalue weighted by Crippen LogP contribution is -2.14. The average molecular weight is 280 g/mol. The molecule has 0 bridgehead atoms. The molecule has 0 aliphatic rings. The molecule has 0 radical (unpaired) electrons. The first-order valence-electron chi connectivity index (χ1n) is 5.46. The van der Waals surface area contributed by atoms with Gasteiger partial charge in [-0.1, -0.05) is 11.6 Å². The first-order chi connectivity index (χ1) is 8.97. The van der Waals surface area contributed by atoms with Gasteiger partial charge in [-0.25, -0.2) is 9.37 Å². The number of aryl methyl sites for hydroxylation is 1. The average Bonchev–Trinajstić information content (AvgIpc) is 2.36. The minimum Gasteiger partial charge on any atom is -0.397 e. The summed E-state index contributed by atoms with van der Waals surface area (Å²) in [6.45, 7) is 1.77. The first kappa shape index (κ1) is 13.3. The zero-order chi connectivity index (χ0) is 14.0. The van der Waals surface area contributed by atoms with E-state index < -0.39 is 11.7 Å².